The lowest BCUT2D eigenvalue weighted by Gasteiger charge is -2.29. The van der Waals surface area contributed by atoms with Crippen molar-refractivity contribution in [3.05, 3.63) is 12.2 Å². The van der Waals surface area contributed by atoms with Gasteiger partial charge in [-0.2, -0.15) is 0 Å². The van der Waals surface area contributed by atoms with Crippen molar-refractivity contribution in [2.75, 3.05) is 6.54 Å². The Morgan fingerprint density at radius 2 is 2.12 bits per heavy atom. The minimum absolute atomic E-state index is 0.204. The Balaban J connectivity index is 2.56. The average molecular weight is 225 g/mol. The molecule has 0 spiro atoms. The van der Waals surface area contributed by atoms with Crippen molar-refractivity contribution in [2.24, 2.45) is 5.92 Å². The van der Waals surface area contributed by atoms with Crippen molar-refractivity contribution >= 4 is 6.09 Å². The molecule has 3 heteroatoms. The van der Waals surface area contributed by atoms with Gasteiger partial charge in [-0.25, -0.2) is 4.79 Å². The van der Waals surface area contributed by atoms with Crippen LogP contribution in [0.15, 0.2) is 12.2 Å². The van der Waals surface area contributed by atoms with Crippen LogP contribution >= 0.6 is 0 Å². The summed E-state index contributed by atoms with van der Waals surface area (Å²) in [4.78, 5) is 13.7. The number of nitrogens with zero attached hydrogens (tertiary/aromatic N) is 1. The molecule has 0 fully saturated rings. The Bertz CT molecular complexity index is 276. The number of rotatable bonds is 2. The van der Waals surface area contributed by atoms with Crippen LogP contribution in [0.25, 0.3) is 0 Å². The molecule has 1 amide bonds. The predicted octanol–water partition coefficient (Wildman–Crippen LogP) is 3.21. The first-order valence-electron chi connectivity index (χ1n) is 5.96. The highest BCUT2D eigenvalue weighted by molar-refractivity contribution is 5.69. The first-order valence-corrected chi connectivity index (χ1v) is 5.96. The quantitative estimate of drug-likeness (QED) is 0.675. The highest BCUT2D eigenvalue weighted by Crippen LogP contribution is 2.20. The van der Waals surface area contributed by atoms with Gasteiger partial charge in [-0.05, 0) is 33.1 Å². The number of hydrogen-bond acceptors (Lipinski definition) is 2. The second-order valence-electron chi connectivity index (χ2n) is 5.76. The Morgan fingerprint density at radius 3 is 2.62 bits per heavy atom. The molecule has 0 aliphatic carbocycles. The Hall–Kier alpha value is -0.990. The standard InChI is InChI=1S/C13H23NO2/c1-10(2)9-11-7-6-8-14(11)12(15)16-13(3,4)5/h6-7,10-11H,8-9H2,1-5H3. The molecule has 0 aromatic carbocycles. The van der Waals surface area contributed by atoms with E-state index in [1.165, 1.54) is 0 Å². The second kappa shape index (κ2) is 4.89. The Kier molecular flexibility index (Phi) is 4.00. The molecule has 0 aromatic rings. The Morgan fingerprint density at radius 1 is 1.50 bits per heavy atom. The van der Waals surface area contributed by atoms with E-state index in [4.69, 9.17) is 4.74 Å². The molecule has 0 N–H and O–H groups in total. The zero-order chi connectivity index (χ0) is 12.3. The van der Waals surface area contributed by atoms with Gasteiger partial charge in [-0.3, -0.25) is 4.90 Å². The van der Waals surface area contributed by atoms with Gasteiger partial charge in [0.2, 0.25) is 0 Å². The van der Waals surface area contributed by atoms with Gasteiger partial charge in [0.15, 0.2) is 0 Å². The van der Waals surface area contributed by atoms with Gasteiger partial charge in [0.05, 0.1) is 6.04 Å². The summed E-state index contributed by atoms with van der Waals surface area (Å²) in [6, 6.07) is 0.204. The van der Waals surface area contributed by atoms with Gasteiger partial charge in [0.1, 0.15) is 5.60 Å². The summed E-state index contributed by atoms with van der Waals surface area (Å²) < 4.78 is 5.38. The minimum atomic E-state index is -0.415. The summed E-state index contributed by atoms with van der Waals surface area (Å²) in [7, 11) is 0. The lowest BCUT2D eigenvalue weighted by Crippen LogP contribution is -2.40. The van der Waals surface area contributed by atoms with Gasteiger partial charge < -0.3 is 4.74 Å². The molecule has 0 saturated carbocycles. The monoisotopic (exact) mass is 225 g/mol. The van der Waals surface area contributed by atoms with E-state index in [0.29, 0.717) is 12.5 Å². The van der Waals surface area contributed by atoms with Crippen molar-refractivity contribution < 1.29 is 9.53 Å². The summed E-state index contributed by atoms with van der Waals surface area (Å²) in [6.07, 6.45) is 4.93. The van der Waals surface area contributed by atoms with Gasteiger partial charge >= 0.3 is 6.09 Å². The molecule has 0 aromatic heterocycles. The molecule has 1 aliphatic rings. The molecule has 1 heterocycles. The number of hydrogen-bond donors (Lipinski definition) is 0. The molecule has 1 rings (SSSR count). The third kappa shape index (κ3) is 3.87. The molecule has 0 bridgehead atoms. The van der Waals surface area contributed by atoms with Crippen LogP contribution in [0.5, 0.6) is 0 Å². The predicted molar refractivity (Wildman–Crippen MR) is 65.3 cm³/mol. The molecular weight excluding hydrogens is 202 g/mol. The minimum Gasteiger partial charge on any atom is -0.444 e. The fraction of sp³-hybridized carbons (Fsp3) is 0.769. The maximum absolute atomic E-state index is 11.9. The summed E-state index contributed by atoms with van der Waals surface area (Å²) in [5.74, 6) is 0.581. The van der Waals surface area contributed by atoms with Crippen LogP contribution in [0.2, 0.25) is 0 Å². The zero-order valence-corrected chi connectivity index (χ0v) is 11.0. The summed E-state index contributed by atoms with van der Waals surface area (Å²) in [6.45, 7) is 10.7. The molecule has 1 aliphatic heterocycles. The van der Waals surface area contributed by atoms with Crippen molar-refractivity contribution in [2.45, 2.75) is 52.7 Å². The van der Waals surface area contributed by atoms with Crippen LogP contribution in [-0.4, -0.2) is 29.2 Å². The van der Waals surface area contributed by atoms with Crippen LogP contribution in [0.1, 0.15) is 41.0 Å². The third-order valence-electron chi connectivity index (χ3n) is 2.40. The summed E-state index contributed by atoms with van der Waals surface area (Å²) in [5, 5.41) is 0. The molecule has 0 radical (unpaired) electrons. The average Bonchev–Trinajstić information content (AvgIpc) is 2.47. The molecule has 3 nitrogen and oxygen atoms in total. The van der Waals surface area contributed by atoms with E-state index in [1.807, 2.05) is 26.8 Å². The number of amides is 1. The highest BCUT2D eigenvalue weighted by atomic mass is 16.6. The molecule has 16 heavy (non-hydrogen) atoms. The van der Waals surface area contributed by atoms with Crippen LogP contribution in [0.4, 0.5) is 4.79 Å². The first kappa shape index (κ1) is 13.1. The normalized spacial score (nSPS) is 20.6. The lowest BCUT2D eigenvalue weighted by molar-refractivity contribution is 0.0229. The van der Waals surface area contributed by atoms with Gasteiger partial charge in [-0.15, -0.1) is 0 Å². The van der Waals surface area contributed by atoms with Crippen molar-refractivity contribution in [3.8, 4) is 0 Å². The van der Waals surface area contributed by atoms with E-state index in [9.17, 15) is 4.79 Å². The van der Waals surface area contributed by atoms with E-state index in [-0.39, 0.29) is 12.1 Å². The summed E-state index contributed by atoms with van der Waals surface area (Å²) >= 11 is 0. The third-order valence-corrected chi connectivity index (χ3v) is 2.40. The maximum atomic E-state index is 11.9. The second-order valence-corrected chi connectivity index (χ2v) is 5.76. The molecule has 1 atom stereocenters. The van der Waals surface area contributed by atoms with Crippen LogP contribution in [0.3, 0.4) is 0 Å². The number of carbonyl (C=O) groups excluding carboxylic acids is 1. The van der Waals surface area contributed by atoms with Gasteiger partial charge in [-0.1, -0.05) is 26.0 Å². The van der Waals surface area contributed by atoms with Crippen LogP contribution < -0.4 is 0 Å². The summed E-state index contributed by atoms with van der Waals surface area (Å²) in [5.41, 5.74) is -0.415. The maximum Gasteiger partial charge on any atom is 0.411 e. The van der Waals surface area contributed by atoms with E-state index >= 15 is 0 Å². The van der Waals surface area contributed by atoms with E-state index in [0.717, 1.165) is 6.42 Å². The van der Waals surface area contributed by atoms with Crippen molar-refractivity contribution in [1.82, 2.24) is 4.90 Å². The van der Waals surface area contributed by atoms with Gasteiger partial charge in [0.25, 0.3) is 0 Å². The molecular formula is C13H23NO2. The highest BCUT2D eigenvalue weighted by Gasteiger charge is 2.29. The fourth-order valence-electron chi connectivity index (χ4n) is 1.79. The Labute approximate surface area is 98.5 Å². The SMILES string of the molecule is CC(C)CC1C=CCN1C(=O)OC(C)(C)C. The number of ether oxygens (including phenoxy) is 1. The van der Waals surface area contributed by atoms with Crippen LogP contribution in [0, 0.1) is 5.92 Å². The lowest BCUT2D eigenvalue weighted by atomic mass is 10.0. The smallest absolute Gasteiger partial charge is 0.411 e. The zero-order valence-electron chi connectivity index (χ0n) is 11.0. The molecule has 0 saturated heterocycles. The molecule has 1 unspecified atom stereocenters. The van der Waals surface area contributed by atoms with E-state index < -0.39 is 5.60 Å². The van der Waals surface area contributed by atoms with Crippen molar-refractivity contribution in [3.63, 3.8) is 0 Å². The van der Waals surface area contributed by atoms with E-state index in [2.05, 4.69) is 19.9 Å². The topological polar surface area (TPSA) is 29.5 Å². The van der Waals surface area contributed by atoms with Crippen molar-refractivity contribution in [1.29, 1.82) is 0 Å². The largest absolute Gasteiger partial charge is 0.444 e. The first-order chi connectivity index (χ1) is 7.29. The van der Waals surface area contributed by atoms with Crippen LogP contribution in [-0.2, 0) is 4.74 Å². The number of carbonyl (C=O) groups is 1. The molecule has 92 valence electrons. The fourth-order valence-corrected chi connectivity index (χ4v) is 1.79. The van der Waals surface area contributed by atoms with Gasteiger partial charge in [0, 0.05) is 6.54 Å². The van der Waals surface area contributed by atoms with E-state index in [1.54, 1.807) is 4.90 Å².